The number of carboxylic acid groups (broad SMARTS) is 1. The molecule has 282 valence electrons. The van der Waals surface area contributed by atoms with Gasteiger partial charge >= 0.3 is 59.1 Å². The van der Waals surface area contributed by atoms with Crippen molar-refractivity contribution in [2.75, 3.05) is 19.0 Å². The van der Waals surface area contributed by atoms with Crippen LogP contribution in [0.1, 0.15) is 50.7 Å². The molecule has 1 aromatic heterocycles. The number of carboxylic acids is 1. The fraction of sp³-hybridized carbons (Fsp3) is 0.432. The number of benzene rings is 3. The predicted molar refractivity (Wildman–Crippen MR) is 199 cm³/mol. The molecule has 6 N–H and O–H groups in total. The molecule has 0 aliphatic rings. The summed E-state index contributed by atoms with van der Waals surface area (Å²) in [7, 11) is -8.59. The number of nitrogens with one attached hydrogen (secondary N) is 4. The Labute approximate surface area is 361 Å². The molecule has 0 aliphatic carbocycles. The third-order valence-electron chi connectivity index (χ3n) is 8.95. The Morgan fingerprint density at radius 3 is 2.20 bits per heavy atom. The van der Waals surface area contributed by atoms with E-state index in [2.05, 4.69) is 20.3 Å². The van der Waals surface area contributed by atoms with Crippen molar-refractivity contribution in [1.82, 2.24) is 20.3 Å². The van der Waals surface area contributed by atoms with Crippen molar-refractivity contribution >= 4 is 56.9 Å². The maximum atomic E-state index is 14.4. The van der Waals surface area contributed by atoms with Crippen molar-refractivity contribution in [3.05, 3.63) is 84.1 Å². The number of hydrogen-bond acceptors (Lipinski definition) is 9. The van der Waals surface area contributed by atoms with E-state index in [0.717, 1.165) is 27.9 Å². The first-order valence-corrected chi connectivity index (χ1v) is 21.1. The van der Waals surface area contributed by atoms with Gasteiger partial charge in [0.2, 0.25) is 21.8 Å². The number of unbranched alkanes of at least 4 members (excludes halogenated alkanes) is 1. The smallest absolute Gasteiger partial charge is 0.798 e. The standard InChI is InChI=1S/C37H50N5O8PS.2Na/c1-24(2)18-29(35(43)40-33(37(45)46)21-28-22-39-31-13-7-6-12-30(28)31)23-51(47,48)34(20-25-15-16-26-10-4-5-11-27(26)19-25)41-36(44)32(14-8-9-17-38)42-52(3,49)50;;/h4-7,10-13,15-16,19,22,24,29,32-34,39,42H,8-9,14,17-18,20-21,23,38H2,1-3H3,(H,40,43)(H,41,44)(H,45,46)(H,47,48);;/q;2*+1/p-2/t29?,32-,33-,34?;;/m0../s1. The van der Waals surface area contributed by atoms with Gasteiger partial charge in [-0.1, -0.05) is 80.9 Å². The summed E-state index contributed by atoms with van der Waals surface area (Å²) in [5, 5.41) is 19.9. The van der Waals surface area contributed by atoms with Gasteiger partial charge in [0.25, 0.3) is 0 Å². The summed E-state index contributed by atoms with van der Waals surface area (Å²) >= 11 is 0. The zero-order valence-corrected chi connectivity index (χ0v) is 37.4. The average molecular weight is 800 g/mol. The van der Waals surface area contributed by atoms with Crippen molar-refractivity contribution in [3.63, 3.8) is 0 Å². The molecule has 0 saturated heterocycles. The van der Waals surface area contributed by atoms with E-state index in [9.17, 15) is 37.4 Å². The van der Waals surface area contributed by atoms with Crippen LogP contribution >= 0.6 is 7.37 Å². The zero-order chi connectivity index (χ0) is 38.1. The van der Waals surface area contributed by atoms with Crippen LogP contribution in [0, 0.1) is 11.8 Å². The van der Waals surface area contributed by atoms with E-state index in [1.807, 2.05) is 74.5 Å². The molecule has 0 radical (unpaired) electrons. The maximum Gasteiger partial charge on any atom is 1.00 e. The maximum absolute atomic E-state index is 14.4. The number of amides is 2. The van der Waals surface area contributed by atoms with E-state index in [1.54, 1.807) is 12.3 Å². The second kappa shape index (κ2) is 22.0. The first-order valence-electron chi connectivity index (χ1n) is 17.4. The fourth-order valence-corrected chi connectivity index (χ4v) is 9.15. The monoisotopic (exact) mass is 799 g/mol. The number of carbonyl (C=O) groups excluding carboxylic acids is 3. The van der Waals surface area contributed by atoms with Gasteiger partial charge in [-0.15, -0.1) is 0 Å². The van der Waals surface area contributed by atoms with Gasteiger partial charge in [0.05, 0.1) is 24.0 Å². The van der Waals surface area contributed by atoms with Crippen LogP contribution in [0.15, 0.2) is 72.9 Å². The summed E-state index contributed by atoms with van der Waals surface area (Å²) in [4.78, 5) is 57.1. The van der Waals surface area contributed by atoms with Crippen molar-refractivity contribution in [2.45, 2.75) is 70.2 Å². The Morgan fingerprint density at radius 2 is 1.56 bits per heavy atom. The minimum atomic E-state index is -4.74. The molecule has 17 heteroatoms. The first kappa shape index (κ1) is 48.1. The number of sulfonamides is 1. The number of nitrogens with two attached hydrogens (primary N) is 1. The molecule has 54 heavy (non-hydrogen) atoms. The van der Waals surface area contributed by atoms with Gasteiger partial charge in [0, 0.05) is 43.0 Å². The van der Waals surface area contributed by atoms with Gasteiger partial charge in [-0.25, -0.2) is 13.1 Å². The van der Waals surface area contributed by atoms with E-state index in [0.29, 0.717) is 30.5 Å². The van der Waals surface area contributed by atoms with Crippen LogP contribution in [0.5, 0.6) is 0 Å². The van der Waals surface area contributed by atoms with Gasteiger partial charge < -0.3 is 40.7 Å². The predicted octanol–water partition coefficient (Wildman–Crippen LogP) is -3.86. The summed E-state index contributed by atoms with van der Waals surface area (Å²) in [5.74, 6) is -5.96. The Morgan fingerprint density at radius 1 is 0.889 bits per heavy atom. The summed E-state index contributed by atoms with van der Waals surface area (Å²) in [5.41, 5.74) is 7.63. The van der Waals surface area contributed by atoms with E-state index in [4.69, 9.17) is 5.73 Å². The molecule has 0 spiro atoms. The van der Waals surface area contributed by atoms with Gasteiger partial charge in [-0.05, 0) is 66.1 Å². The summed E-state index contributed by atoms with van der Waals surface area (Å²) < 4.78 is 41.0. The molecule has 13 nitrogen and oxygen atoms in total. The first-order chi connectivity index (χ1) is 24.6. The Hall–Kier alpha value is -2.07. The van der Waals surface area contributed by atoms with Crippen LogP contribution in [0.2, 0.25) is 0 Å². The van der Waals surface area contributed by atoms with Gasteiger partial charge in [0.1, 0.15) is 6.04 Å². The van der Waals surface area contributed by atoms with Gasteiger partial charge in [-0.3, -0.25) is 9.59 Å². The molecule has 4 rings (SSSR count). The molecule has 1 heterocycles. The third-order valence-corrected chi connectivity index (χ3v) is 11.9. The van der Waals surface area contributed by atoms with E-state index in [1.165, 1.54) is 0 Å². The Kier molecular flexibility index (Phi) is 19.6. The van der Waals surface area contributed by atoms with Crippen molar-refractivity contribution < 1.29 is 96.5 Å². The summed E-state index contributed by atoms with van der Waals surface area (Å²) in [6, 6.07) is 17.5. The van der Waals surface area contributed by atoms with Crippen LogP contribution in [0.3, 0.4) is 0 Å². The summed E-state index contributed by atoms with van der Waals surface area (Å²) in [6.07, 6.45) is 2.76. The molecule has 0 aliphatic heterocycles. The van der Waals surface area contributed by atoms with Crippen molar-refractivity contribution in [2.24, 2.45) is 17.6 Å². The molecular weight excluding hydrogens is 751 g/mol. The molecule has 3 unspecified atom stereocenters. The van der Waals surface area contributed by atoms with Crippen molar-refractivity contribution in [1.29, 1.82) is 0 Å². The van der Waals surface area contributed by atoms with Gasteiger partial charge in [0.15, 0.2) is 0 Å². The summed E-state index contributed by atoms with van der Waals surface area (Å²) in [6.45, 7) is 3.96. The van der Waals surface area contributed by atoms with E-state index < -0.39 is 65.1 Å². The minimum Gasteiger partial charge on any atom is -0.798 e. The molecule has 0 bridgehead atoms. The number of hydrogen-bond donors (Lipinski definition) is 5. The molecule has 0 saturated carbocycles. The number of aliphatic carboxylic acids is 1. The number of rotatable bonds is 20. The SMILES string of the molecule is CC(C)CC(CP(=O)([O-])C(Cc1ccc2ccccc2c1)NC(=O)[C@H](CCCCN)NS(C)(=O)=O)C(=O)N[C@@H](Cc1c[nH]c2ccccc12)C(=O)[O-].[Na+].[Na+]. The van der Waals surface area contributed by atoms with Crippen LogP contribution < -0.4 is 90.2 Å². The molecular formula is C37H48N5Na2O8PS. The van der Waals surface area contributed by atoms with Gasteiger partial charge in [-0.2, -0.15) is 0 Å². The molecule has 5 atom stereocenters. The molecule has 3 aromatic carbocycles. The number of H-pyrrole nitrogens is 1. The number of aromatic nitrogens is 1. The second-order valence-electron chi connectivity index (χ2n) is 13.8. The number of para-hydroxylation sites is 1. The number of fused-ring (bicyclic) bond motifs is 2. The fourth-order valence-electron chi connectivity index (χ4n) is 6.41. The second-order valence-corrected chi connectivity index (χ2v) is 18.0. The molecule has 2 amide bonds. The topological polar surface area (TPSA) is 226 Å². The zero-order valence-electron chi connectivity index (χ0n) is 31.7. The molecule has 0 fully saturated rings. The van der Waals surface area contributed by atoms with Crippen LogP contribution in [0.25, 0.3) is 21.7 Å². The van der Waals surface area contributed by atoms with E-state index in [-0.39, 0.29) is 90.7 Å². The molecule has 4 aromatic rings. The minimum absolute atomic E-state index is 0. The number of carbonyl (C=O) groups is 3. The van der Waals surface area contributed by atoms with Crippen LogP contribution in [-0.2, 0) is 41.8 Å². The largest absolute Gasteiger partial charge is 1.00 e. The Bertz CT molecular complexity index is 2030. The number of aromatic amines is 1. The average Bonchev–Trinajstić information content (AvgIpc) is 3.48. The Balaban J connectivity index is 0.00000504. The quantitative estimate of drug-likeness (QED) is 0.0335. The normalized spacial score (nSPS) is 14.9. The van der Waals surface area contributed by atoms with Crippen molar-refractivity contribution in [3.8, 4) is 0 Å². The third kappa shape index (κ3) is 14.5. The van der Waals surface area contributed by atoms with E-state index >= 15 is 0 Å². The van der Waals surface area contributed by atoms with Crippen LogP contribution in [0.4, 0.5) is 0 Å². The van der Waals surface area contributed by atoms with Crippen LogP contribution in [-0.4, -0.2) is 68.0 Å².